The van der Waals surface area contributed by atoms with Crippen LogP contribution in [0.15, 0.2) is 70.0 Å². The molecule has 0 N–H and O–H groups in total. The van der Waals surface area contributed by atoms with Gasteiger partial charge in [0.2, 0.25) is 5.76 Å². The van der Waals surface area contributed by atoms with Gasteiger partial charge in [-0.25, -0.2) is 9.37 Å². The average molecular weight is 421 g/mol. The lowest BCUT2D eigenvalue weighted by molar-refractivity contribution is 0.0970. The van der Waals surface area contributed by atoms with Crippen LogP contribution in [0.25, 0.3) is 11.0 Å². The Morgan fingerprint density at radius 1 is 1.07 bits per heavy atom. The van der Waals surface area contributed by atoms with E-state index in [1.807, 2.05) is 13.0 Å². The molecule has 0 bridgehead atoms. The molecule has 7 heteroatoms. The second-order valence-corrected chi connectivity index (χ2v) is 7.57. The number of pyridine rings is 1. The van der Waals surface area contributed by atoms with Crippen LogP contribution in [-0.2, 0) is 0 Å². The Kier molecular flexibility index (Phi) is 4.18. The van der Waals surface area contributed by atoms with Crippen LogP contribution in [0.2, 0.25) is 5.02 Å². The zero-order chi connectivity index (χ0) is 21.0. The van der Waals surface area contributed by atoms with Gasteiger partial charge in [-0.2, -0.15) is 0 Å². The van der Waals surface area contributed by atoms with Crippen molar-refractivity contribution in [3.63, 3.8) is 0 Å². The quantitative estimate of drug-likeness (QED) is 0.456. The van der Waals surface area contributed by atoms with Crippen molar-refractivity contribution in [3.8, 4) is 0 Å². The molecule has 1 atom stereocenters. The molecule has 0 aliphatic carbocycles. The van der Waals surface area contributed by atoms with Gasteiger partial charge in [0.05, 0.1) is 17.0 Å². The van der Waals surface area contributed by atoms with Crippen molar-refractivity contribution in [1.29, 1.82) is 0 Å². The second-order valence-electron chi connectivity index (χ2n) is 7.14. The van der Waals surface area contributed by atoms with E-state index < -0.39 is 23.2 Å². The van der Waals surface area contributed by atoms with Gasteiger partial charge in [0, 0.05) is 11.2 Å². The summed E-state index contributed by atoms with van der Waals surface area (Å²) in [7, 11) is 0. The Hall–Kier alpha value is -3.51. The molecule has 148 valence electrons. The van der Waals surface area contributed by atoms with E-state index in [9.17, 15) is 14.0 Å². The number of aromatic nitrogens is 1. The Balaban J connectivity index is 1.83. The standard InChI is InChI=1S/C23H14ClFN2O3/c1-12-8-9-26-18(10-12)27-20(13-2-4-14(24)5-3-13)19-21(28)16-11-15(25)6-7-17(16)30-22(19)23(27)29/h2-11,20H,1H3/t20-/m0/s1. The summed E-state index contributed by atoms with van der Waals surface area (Å²) < 4.78 is 19.6. The fraction of sp³-hybridized carbons (Fsp3) is 0.0870. The molecule has 1 aliphatic rings. The van der Waals surface area contributed by atoms with Crippen LogP contribution in [0.4, 0.5) is 10.2 Å². The summed E-state index contributed by atoms with van der Waals surface area (Å²) >= 11 is 6.03. The van der Waals surface area contributed by atoms with Crippen molar-refractivity contribution < 1.29 is 13.6 Å². The van der Waals surface area contributed by atoms with Crippen LogP contribution in [0.1, 0.15) is 33.3 Å². The SMILES string of the molecule is Cc1ccnc(N2C(=O)c3oc4ccc(F)cc4c(=O)c3[C@@H]2c2ccc(Cl)cc2)c1. The molecule has 0 spiro atoms. The first-order valence-electron chi connectivity index (χ1n) is 9.22. The number of aryl methyl sites for hydroxylation is 1. The first-order valence-corrected chi connectivity index (χ1v) is 9.60. The van der Waals surface area contributed by atoms with Gasteiger partial charge < -0.3 is 4.42 Å². The van der Waals surface area contributed by atoms with Crippen molar-refractivity contribution in [2.75, 3.05) is 4.90 Å². The zero-order valence-electron chi connectivity index (χ0n) is 15.7. The molecule has 0 fully saturated rings. The van der Waals surface area contributed by atoms with Crippen molar-refractivity contribution in [3.05, 3.63) is 104 Å². The third-order valence-corrected chi connectivity index (χ3v) is 5.42. The van der Waals surface area contributed by atoms with Crippen LogP contribution in [0.5, 0.6) is 0 Å². The van der Waals surface area contributed by atoms with Crippen LogP contribution in [0.3, 0.4) is 0 Å². The highest BCUT2D eigenvalue weighted by Gasteiger charge is 2.44. The predicted octanol–water partition coefficient (Wildman–Crippen LogP) is 5.04. The smallest absolute Gasteiger partial charge is 0.296 e. The molecule has 0 saturated heterocycles. The first kappa shape index (κ1) is 18.5. The van der Waals surface area contributed by atoms with E-state index in [0.29, 0.717) is 16.4 Å². The number of amides is 1. The maximum atomic E-state index is 13.8. The van der Waals surface area contributed by atoms with Crippen molar-refractivity contribution in [2.24, 2.45) is 0 Å². The molecular weight excluding hydrogens is 407 g/mol. The summed E-state index contributed by atoms with van der Waals surface area (Å²) in [5.41, 5.74) is 1.43. The molecule has 5 nitrogen and oxygen atoms in total. The first-order chi connectivity index (χ1) is 14.4. The molecule has 3 heterocycles. The number of anilines is 1. The molecule has 2 aromatic heterocycles. The largest absolute Gasteiger partial charge is 0.450 e. The van der Waals surface area contributed by atoms with Gasteiger partial charge in [-0.1, -0.05) is 23.7 Å². The number of nitrogens with zero attached hydrogens (tertiary/aromatic N) is 2. The normalized spacial score (nSPS) is 15.6. The van der Waals surface area contributed by atoms with Crippen molar-refractivity contribution in [2.45, 2.75) is 13.0 Å². The number of carbonyl (C=O) groups is 1. The summed E-state index contributed by atoms with van der Waals surface area (Å²) in [6.45, 7) is 1.89. The molecular formula is C23H14ClFN2O3. The molecule has 4 aromatic rings. The third kappa shape index (κ3) is 2.80. The summed E-state index contributed by atoms with van der Waals surface area (Å²) in [4.78, 5) is 32.5. The predicted molar refractivity (Wildman–Crippen MR) is 112 cm³/mol. The summed E-state index contributed by atoms with van der Waals surface area (Å²) in [6, 6.07) is 13.3. The fourth-order valence-electron chi connectivity index (χ4n) is 3.79. The fourth-order valence-corrected chi connectivity index (χ4v) is 3.92. The van der Waals surface area contributed by atoms with E-state index in [1.165, 1.54) is 17.0 Å². The van der Waals surface area contributed by atoms with Crippen LogP contribution in [0, 0.1) is 12.7 Å². The molecule has 0 unspecified atom stereocenters. The molecule has 2 aromatic carbocycles. The highest BCUT2D eigenvalue weighted by atomic mass is 35.5. The average Bonchev–Trinajstić information content (AvgIpc) is 3.02. The molecule has 5 rings (SSSR count). The molecule has 1 aliphatic heterocycles. The number of benzene rings is 2. The number of hydrogen-bond acceptors (Lipinski definition) is 4. The Morgan fingerprint density at radius 2 is 1.83 bits per heavy atom. The van der Waals surface area contributed by atoms with E-state index in [-0.39, 0.29) is 22.3 Å². The number of carbonyl (C=O) groups excluding carboxylic acids is 1. The lowest BCUT2D eigenvalue weighted by Gasteiger charge is -2.24. The highest BCUT2D eigenvalue weighted by Crippen LogP contribution is 2.40. The van der Waals surface area contributed by atoms with Crippen LogP contribution >= 0.6 is 11.6 Å². The minimum atomic E-state index is -0.775. The third-order valence-electron chi connectivity index (χ3n) is 5.17. The van der Waals surface area contributed by atoms with Crippen LogP contribution in [-0.4, -0.2) is 10.9 Å². The van der Waals surface area contributed by atoms with Gasteiger partial charge >= 0.3 is 0 Å². The van der Waals surface area contributed by atoms with Crippen molar-refractivity contribution >= 4 is 34.3 Å². The molecule has 0 saturated carbocycles. The van der Waals surface area contributed by atoms with Gasteiger partial charge in [-0.15, -0.1) is 0 Å². The lowest BCUT2D eigenvalue weighted by atomic mass is 9.98. The summed E-state index contributed by atoms with van der Waals surface area (Å²) in [5.74, 6) is -0.714. The molecule has 30 heavy (non-hydrogen) atoms. The maximum absolute atomic E-state index is 13.8. The van der Waals surface area contributed by atoms with E-state index >= 15 is 0 Å². The maximum Gasteiger partial charge on any atom is 0.296 e. The second kappa shape index (κ2) is 6.78. The Morgan fingerprint density at radius 3 is 2.57 bits per heavy atom. The monoisotopic (exact) mass is 420 g/mol. The van der Waals surface area contributed by atoms with Gasteiger partial charge in [-0.05, 0) is 60.5 Å². The number of fused-ring (bicyclic) bond motifs is 2. The van der Waals surface area contributed by atoms with Crippen LogP contribution < -0.4 is 10.3 Å². The Bertz CT molecular complexity index is 1380. The van der Waals surface area contributed by atoms with Gasteiger partial charge in [0.25, 0.3) is 5.91 Å². The molecule has 0 radical (unpaired) electrons. The number of halogens is 2. The van der Waals surface area contributed by atoms with Gasteiger partial charge in [0.1, 0.15) is 17.2 Å². The van der Waals surface area contributed by atoms with Crippen molar-refractivity contribution in [1.82, 2.24) is 4.98 Å². The summed E-state index contributed by atoms with van der Waals surface area (Å²) in [5, 5.41) is 0.607. The minimum absolute atomic E-state index is 0.0673. The van der Waals surface area contributed by atoms with E-state index in [0.717, 1.165) is 11.6 Å². The lowest BCUT2D eigenvalue weighted by Crippen LogP contribution is -2.30. The van der Waals surface area contributed by atoms with E-state index in [2.05, 4.69) is 4.98 Å². The molecule has 1 amide bonds. The van der Waals surface area contributed by atoms with E-state index in [4.69, 9.17) is 16.0 Å². The van der Waals surface area contributed by atoms with Gasteiger partial charge in [0.15, 0.2) is 5.43 Å². The van der Waals surface area contributed by atoms with E-state index in [1.54, 1.807) is 36.5 Å². The minimum Gasteiger partial charge on any atom is -0.450 e. The number of rotatable bonds is 2. The Labute approximate surface area is 175 Å². The highest BCUT2D eigenvalue weighted by molar-refractivity contribution is 6.30. The zero-order valence-corrected chi connectivity index (χ0v) is 16.5. The number of hydrogen-bond donors (Lipinski definition) is 0. The van der Waals surface area contributed by atoms with Gasteiger partial charge in [-0.3, -0.25) is 14.5 Å². The topological polar surface area (TPSA) is 63.4 Å². The summed E-state index contributed by atoms with van der Waals surface area (Å²) in [6.07, 6.45) is 1.60.